The van der Waals surface area contributed by atoms with E-state index in [1.165, 1.54) is 0 Å². The number of nitrogens with one attached hydrogen (secondary N) is 1. The van der Waals surface area contributed by atoms with Crippen LogP contribution in [-0.4, -0.2) is 48.1 Å². The standard InChI is InChI=1S/C13H24N2O3/c1-10(2)7-14-12(16)9-15-6-5-11(8-15)3-4-13(17)18/h10-11H,3-9H2,1-2H3,(H,14,16)(H,17,18). The van der Waals surface area contributed by atoms with Crippen LogP contribution in [0.3, 0.4) is 0 Å². The van der Waals surface area contributed by atoms with Gasteiger partial charge >= 0.3 is 5.97 Å². The summed E-state index contributed by atoms with van der Waals surface area (Å²) in [7, 11) is 0. The van der Waals surface area contributed by atoms with Crippen molar-refractivity contribution in [2.24, 2.45) is 11.8 Å². The maximum Gasteiger partial charge on any atom is 0.303 e. The van der Waals surface area contributed by atoms with Crippen LogP contribution in [0.15, 0.2) is 0 Å². The lowest BCUT2D eigenvalue weighted by Crippen LogP contribution is -2.37. The number of carboxylic acids is 1. The van der Waals surface area contributed by atoms with Crippen molar-refractivity contribution >= 4 is 11.9 Å². The largest absolute Gasteiger partial charge is 0.481 e. The second kappa shape index (κ2) is 7.36. The summed E-state index contributed by atoms with van der Waals surface area (Å²) in [5.74, 6) is 0.237. The fourth-order valence-corrected chi connectivity index (χ4v) is 2.20. The van der Waals surface area contributed by atoms with E-state index in [2.05, 4.69) is 24.1 Å². The number of aliphatic carboxylic acids is 1. The molecule has 2 N–H and O–H groups in total. The molecule has 0 aromatic heterocycles. The second-order valence-corrected chi connectivity index (χ2v) is 5.52. The molecule has 1 rings (SSSR count). The van der Waals surface area contributed by atoms with Crippen molar-refractivity contribution < 1.29 is 14.7 Å². The molecule has 0 spiro atoms. The first-order valence-corrected chi connectivity index (χ1v) is 6.68. The molecule has 1 fully saturated rings. The van der Waals surface area contributed by atoms with E-state index in [-0.39, 0.29) is 12.3 Å². The third-order valence-corrected chi connectivity index (χ3v) is 3.21. The van der Waals surface area contributed by atoms with Gasteiger partial charge in [0.25, 0.3) is 0 Å². The van der Waals surface area contributed by atoms with Crippen LogP contribution in [0, 0.1) is 11.8 Å². The summed E-state index contributed by atoms with van der Waals surface area (Å²) < 4.78 is 0. The number of carboxylic acid groups (broad SMARTS) is 1. The maximum absolute atomic E-state index is 11.6. The van der Waals surface area contributed by atoms with Crippen LogP contribution < -0.4 is 5.32 Å². The van der Waals surface area contributed by atoms with Gasteiger partial charge in [0.1, 0.15) is 0 Å². The Balaban J connectivity index is 2.17. The van der Waals surface area contributed by atoms with Gasteiger partial charge in [-0.1, -0.05) is 13.8 Å². The second-order valence-electron chi connectivity index (χ2n) is 5.52. The number of rotatable bonds is 7. The van der Waals surface area contributed by atoms with E-state index in [4.69, 9.17) is 5.11 Å². The van der Waals surface area contributed by atoms with Crippen molar-refractivity contribution in [2.75, 3.05) is 26.2 Å². The zero-order chi connectivity index (χ0) is 13.5. The summed E-state index contributed by atoms with van der Waals surface area (Å²) in [6.45, 7) is 7.04. The summed E-state index contributed by atoms with van der Waals surface area (Å²) in [6, 6.07) is 0. The number of likely N-dealkylation sites (tertiary alicyclic amines) is 1. The fraction of sp³-hybridized carbons (Fsp3) is 0.846. The third kappa shape index (κ3) is 6.00. The summed E-state index contributed by atoms with van der Waals surface area (Å²) >= 11 is 0. The van der Waals surface area contributed by atoms with E-state index in [0.717, 1.165) is 32.5 Å². The van der Waals surface area contributed by atoms with Crippen molar-refractivity contribution in [3.05, 3.63) is 0 Å². The van der Waals surface area contributed by atoms with Crippen LogP contribution in [0.4, 0.5) is 0 Å². The zero-order valence-electron chi connectivity index (χ0n) is 11.3. The zero-order valence-corrected chi connectivity index (χ0v) is 11.3. The quantitative estimate of drug-likeness (QED) is 0.711. The van der Waals surface area contributed by atoms with Gasteiger partial charge in [0.05, 0.1) is 6.54 Å². The van der Waals surface area contributed by atoms with Gasteiger partial charge in [-0.05, 0) is 31.2 Å². The molecule has 0 aliphatic carbocycles. The molecule has 5 heteroatoms. The van der Waals surface area contributed by atoms with Gasteiger partial charge in [0.2, 0.25) is 5.91 Å². The molecule has 1 aliphatic heterocycles. The van der Waals surface area contributed by atoms with Crippen LogP contribution in [0.25, 0.3) is 0 Å². The molecule has 1 heterocycles. The Morgan fingerprint density at radius 2 is 2.17 bits per heavy atom. The van der Waals surface area contributed by atoms with Crippen LogP contribution >= 0.6 is 0 Å². The fourth-order valence-electron chi connectivity index (χ4n) is 2.20. The highest BCUT2D eigenvalue weighted by molar-refractivity contribution is 5.78. The Kier molecular flexibility index (Phi) is 6.12. The highest BCUT2D eigenvalue weighted by Crippen LogP contribution is 2.20. The molecule has 0 aromatic carbocycles. The first-order chi connectivity index (χ1) is 8.47. The van der Waals surface area contributed by atoms with Gasteiger partial charge < -0.3 is 10.4 Å². The van der Waals surface area contributed by atoms with Gasteiger partial charge in [-0.15, -0.1) is 0 Å². The number of carbonyl (C=O) groups is 2. The summed E-state index contributed by atoms with van der Waals surface area (Å²) in [5, 5.41) is 11.5. The van der Waals surface area contributed by atoms with Crippen LogP contribution in [0.5, 0.6) is 0 Å². The number of amides is 1. The first kappa shape index (κ1) is 15.0. The van der Waals surface area contributed by atoms with Gasteiger partial charge in [-0.2, -0.15) is 0 Å². The number of nitrogens with zero attached hydrogens (tertiary/aromatic N) is 1. The third-order valence-electron chi connectivity index (χ3n) is 3.21. The minimum absolute atomic E-state index is 0.0718. The Morgan fingerprint density at radius 1 is 1.44 bits per heavy atom. The maximum atomic E-state index is 11.6. The van der Waals surface area contributed by atoms with Gasteiger partial charge in [-0.3, -0.25) is 14.5 Å². The minimum atomic E-state index is -0.733. The minimum Gasteiger partial charge on any atom is -0.481 e. The predicted octanol–water partition coefficient (Wildman–Crippen LogP) is 0.945. The molecule has 18 heavy (non-hydrogen) atoms. The van der Waals surface area contributed by atoms with Crippen molar-refractivity contribution in [1.29, 1.82) is 0 Å². The molecule has 5 nitrogen and oxygen atoms in total. The highest BCUT2D eigenvalue weighted by atomic mass is 16.4. The van der Waals surface area contributed by atoms with Gasteiger partial charge in [0.15, 0.2) is 0 Å². The Bertz CT molecular complexity index is 292. The highest BCUT2D eigenvalue weighted by Gasteiger charge is 2.24. The first-order valence-electron chi connectivity index (χ1n) is 6.68. The van der Waals surface area contributed by atoms with Crippen molar-refractivity contribution in [3.8, 4) is 0 Å². The molecular formula is C13H24N2O3. The number of carbonyl (C=O) groups excluding carboxylic acids is 1. The molecule has 0 aromatic rings. The van der Waals surface area contributed by atoms with E-state index in [0.29, 0.717) is 18.4 Å². The number of hydrogen-bond acceptors (Lipinski definition) is 3. The molecule has 0 saturated carbocycles. The van der Waals surface area contributed by atoms with Crippen molar-refractivity contribution in [2.45, 2.75) is 33.1 Å². The van der Waals surface area contributed by atoms with Gasteiger partial charge in [0, 0.05) is 19.5 Å². The number of hydrogen-bond donors (Lipinski definition) is 2. The normalized spacial score (nSPS) is 20.3. The molecule has 0 bridgehead atoms. The molecule has 1 unspecified atom stereocenters. The van der Waals surface area contributed by atoms with E-state index < -0.39 is 5.97 Å². The van der Waals surface area contributed by atoms with Crippen LogP contribution in [-0.2, 0) is 9.59 Å². The lowest BCUT2D eigenvalue weighted by atomic mass is 10.0. The van der Waals surface area contributed by atoms with E-state index >= 15 is 0 Å². The molecule has 104 valence electrons. The SMILES string of the molecule is CC(C)CNC(=O)CN1CCC(CCC(=O)O)C1. The Labute approximate surface area is 109 Å². The Morgan fingerprint density at radius 3 is 2.78 bits per heavy atom. The monoisotopic (exact) mass is 256 g/mol. The van der Waals surface area contributed by atoms with E-state index in [1.807, 2.05) is 0 Å². The predicted molar refractivity (Wildman–Crippen MR) is 69.3 cm³/mol. The topological polar surface area (TPSA) is 69.6 Å². The summed E-state index contributed by atoms with van der Waals surface area (Å²) in [6.07, 6.45) is 1.96. The lowest BCUT2D eigenvalue weighted by Gasteiger charge is -2.16. The molecule has 1 saturated heterocycles. The smallest absolute Gasteiger partial charge is 0.303 e. The van der Waals surface area contributed by atoms with Crippen LogP contribution in [0.1, 0.15) is 33.1 Å². The molecule has 0 radical (unpaired) electrons. The Hall–Kier alpha value is -1.10. The van der Waals surface area contributed by atoms with Crippen molar-refractivity contribution in [3.63, 3.8) is 0 Å². The summed E-state index contributed by atoms with van der Waals surface area (Å²) in [5.41, 5.74) is 0. The summed E-state index contributed by atoms with van der Waals surface area (Å²) in [4.78, 5) is 24.2. The average molecular weight is 256 g/mol. The van der Waals surface area contributed by atoms with E-state index in [1.54, 1.807) is 0 Å². The molecule has 1 amide bonds. The van der Waals surface area contributed by atoms with Gasteiger partial charge in [-0.25, -0.2) is 0 Å². The lowest BCUT2D eigenvalue weighted by molar-refractivity contribution is -0.137. The molecular weight excluding hydrogens is 232 g/mol. The molecule has 1 atom stereocenters. The average Bonchev–Trinajstić information content (AvgIpc) is 2.71. The van der Waals surface area contributed by atoms with Crippen LogP contribution in [0.2, 0.25) is 0 Å². The molecule has 1 aliphatic rings. The van der Waals surface area contributed by atoms with E-state index in [9.17, 15) is 9.59 Å². The van der Waals surface area contributed by atoms with Crippen molar-refractivity contribution in [1.82, 2.24) is 10.2 Å².